The Hall–Kier alpha value is -2.94. The number of nitrogens with zero attached hydrogens (tertiary/aromatic N) is 3. The van der Waals surface area contributed by atoms with E-state index in [2.05, 4.69) is 58.8 Å². The first-order chi connectivity index (χ1) is 16.7. The number of halogens is 1. The topological polar surface area (TPSA) is 71.4 Å². The van der Waals surface area contributed by atoms with E-state index in [1.165, 1.54) is 24.1 Å². The second-order valence-corrected chi connectivity index (χ2v) is 9.73. The number of amides is 1. The van der Waals surface area contributed by atoms with Gasteiger partial charge in [0.05, 0.1) is 28.5 Å². The third-order valence-corrected chi connectivity index (χ3v) is 6.86. The van der Waals surface area contributed by atoms with Crippen LogP contribution in [0.2, 0.25) is 5.02 Å². The van der Waals surface area contributed by atoms with E-state index in [0.717, 1.165) is 11.4 Å². The fraction of sp³-hybridized carbons (Fsp3) is 0.346. The Balaban J connectivity index is 1.80. The van der Waals surface area contributed by atoms with Gasteiger partial charge in [-0.15, -0.1) is 0 Å². The van der Waals surface area contributed by atoms with Crippen LogP contribution >= 0.6 is 23.8 Å². The van der Waals surface area contributed by atoms with Gasteiger partial charge in [0.25, 0.3) is 0 Å². The molecule has 2 aromatic heterocycles. The molecule has 1 saturated heterocycles. The van der Waals surface area contributed by atoms with E-state index in [-0.39, 0.29) is 24.6 Å². The quantitative estimate of drug-likeness (QED) is 0.408. The largest absolute Gasteiger partial charge is 0.375 e. The predicted octanol–water partition coefficient (Wildman–Crippen LogP) is 5.50. The SMILES string of the molecule is COCC(=O)Nc1ccc(N2C(=S)N[C@@H](c3ccccn3)[C@@H]2c2cc(C)n(C(C)C)c2C)cc1Cl. The highest BCUT2D eigenvalue weighted by molar-refractivity contribution is 7.80. The van der Waals surface area contributed by atoms with E-state index in [0.29, 0.717) is 21.9 Å². The molecule has 1 aliphatic rings. The normalized spacial score (nSPS) is 17.7. The molecule has 3 aromatic rings. The smallest absolute Gasteiger partial charge is 0.250 e. The Labute approximate surface area is 216 Å². The van der Waals surface area contributed by atoms with Gasteiger partial charge < -0.3 is 24.8 Å². The third-order valence-electron chi connectivity index (χ3n) is 6.24. The molecule has 0 aliphatic carbocycles. The molecule has 0 unspecified atom stereocenters. The molecule has 4 rings (SSSR count). The summed E-state index contributed by atoms with van der Waals surface area (Å²) in [4.78, 5) is 18.7. The summed E-state index contributed by atoms with van der Waals surface area (Å²) in [5.41, 5.74) is 5.81. The summed E-state index contributed by atoms with van der Waals surface area (Å²) in [7, 11) is 1.47. The number of methoxy groups -OCH3 is 1. The van der Waals surface area contributed by atoms with Crippen LogP contribution in [0.3, 0.4) is 0 Å². The maximum atomic E-state index is 12.0. The van der Waals surface area contributed by atoms with Crippen molar-refractivity contribution < 1.29 is 9.53 Å². The predicted molar refractivity (Wildman–Crippen MR) is 144 cm³/mol. The van der Waals surface area contributed by atoms with E-state index in [9.17, 15) is 4.79 Å². The van der Waals surface area contributed by atoms with E-state index >= 15 is 0 Å². The van der Waals surface area contributed by atoms with Gasteiger partial charge in [-0.3, -0.25) is 9.78 Å². The minimum Gasteiger partial charge on any atom is -0.375 e. The summed E-state index contributed by atoms with van der Waals surface area (Å²) in [6, 6.07) is 13.7. The van der Waals surface area contributed by atoms with Crippen molar-refractivity contribution in [3.05, 3.63) is 76.3 Å². The highest BCUT2D eigenvalue weighted by atomic mass is 35.5. The third kappa shape index (κ3) is 4.91. The van der Waals surface area contributed by atoms with Crippen LogP contribution in [-0.4, -0.2) is 34.3 Å². The van der Waals surface area contributed by atoms with Gasteiger partial charge in [-0.1, -0.05) is 17.7 Å². The lowest BCUT2D eigenvalue weighted by molar-refractivity contribution is -0.119. The molecule has 0 radical (unpaired) electrons. The number of anilines is 2. The average molecular weight is 512 g/mol. The van der Waals surface area contributed by atoms with Crippen molar-refractivity contribution in [3.8, 4) is 0 Å². The van der Waals surface area contributed by atoms with Gasteiger partial charge in [0.1, 0.15) is 6.61 Å². The monoisotopic (exact) mass is 511 g/mol. The van der Waals surface area contributed by atoms with Crippen LogP contribution < -0.4 is 15.5 Å². The number of thiocarbonyl (C=S) groups is 1. The first-order valence-electron chi connectivity index (χ1n) is 11.5. The van der Waals surface area contributed by atoms with Crippen LogP contribution in [0.15, 0.2) is 48.7 Å². The molecule has 35 heavy (non-hydrogen) atoms. The van der Waals surface area contributed by atoms with Crippen LogP contribution in [0.5, 0.6) is 0 Å². The summed E-state index contributed by atoms with van der Waals surface area (Å²) in [5, 5.41) is 7.27. The second-order valence-electron chi connectivity index (χ2n) is 8.93. The van der Waals surface area contributed by atoms with Crippen molar-refractivity contribution in [2.75, 3.05) is 23.9 Å². The lowest BCUT2D eigenvalue weighted by atomic mass is 9.96. The van der Waals surface area contributed by atoms with Crippen molar-refractivity contribution in [2.45, 2.75) is 45.8 Å². The van der Waals surface area contributed by atoms with Gasteiger partial charge in [0, 0.05) is 36.4 Å². The fourth-order valence-electron chi connectivity index (χ4n) is 4.92. The second kappa shape index (κ2) is 10.4. The Bertz CT molecular complexity index is 1240. The number of rotatable bonds is 7. The van der Waals surface area contributed by atoms with Crippen LogP contribution in [0, 0.1) is 13.8 Å². The number of aryl methyl sites for hydroxylation is 1. The Morgan fingerprint density at radius 3 is 2.63 bits per heavy atom. The summed E-state index contributed by atoms with van der Waals surface area (Å²) in [6.45, 7) is 8.61. The maximum absolute atomic E-state index is 12.0. The highest BCUT2D eigenvalue weighted by Crippen LogP contribution is 2.44. The molecular weight excluding hydrogens is 482 g/mol. The van der Waals surface area contributed by atoms with Crippen LogP contribution in [0.25, 0.3) is 0 Å². The molecular formula is C26H30ClN5O2S. The number of carbonyl (C=O) groups is 1. The average Bonchev–Trinajstić information content (AvgIpc) is 3.31. The number of nitrogens with one attached hydrogen (secondary N) is 2. The van der Waals surface area contributed by atoms with Crippen LogP contribution in [-0.2, 0) is 9.53 Å². The zero-order valence-electron chi connectivity index (χ0n) is 20.5. The van der Waals surface area contributed by atoms with Crippen molar-refractivity contribution >= 4 is 46.2 Å². The molecule has 0 saturated carbocycles. The Morgan fingerprint density at radius 1 is 1.26 bits per heavy atom. The summed E-state index contributed by atoms with van der Waals surface area (Å²) >= 11 is 12.4. The molecule has 1 amide bonds. The number of pyridine rings is 1. The molecule has 1 aliphatic heterocycles. The molecule has 3 heterocycles. The number of ether oxygens (including phenoxy) is 1. The maximum Gasteiger partial charge on any atom is 0.250 e. The van der Waals surface area contributed by atoms with Gasteiger partial charge in [-0.05, 0) is 81.9 Å². The number of hydrogen-bond acceptors (Lipinski definition) is 4. The van der Waals surface area contributed by atoms with Gasteiger partial charge in [-0.2, -0.15) is 0 Å². The van der Waals surface area contributed by atoms with Crippen molar-refractivity contribution in [1.29, 1.82) is 0 Å². The summed E-state index contributed by atoms with van der Waals surface area (Å²) in [6.07, 6.45) is 1.80. The van der Waals surface area contributed by atoms with Crippen molar-refractivity contribution in [3.63, 3.8) is 0 Å². The number of hydrogen-bond donors (Lipinski definition) is 2. The summed E-state index contributed by atoms with van der Waals surface area (Å²) in [5.74, 6) is -0.269. The van der Waals surface area contributed by atoms with Gasteiger partial charge >= 0.3 is 0 Å². The van der Waals surface area contributed by atoms with E-state index in [1.54, 1.807) is 12.3 Å². The van der Waals surface area contributed by atoms with Gasteiger partial charge in [-0.25, -0.2) is 0 Å². The summed E-state index contributed by atoms with van der Waals surface area (Å²) < 4.78 is 7.23. The van der Waals surface area contributed by atoms with Crippen LogP contribution in [0.4, 0.5) is 11.4 Å². The number of benzene rings is 1. The lowest BCUT2D eigenvalue weighted by Gasteiger charge is -2.29. The molecule has 9 heteroatoms. The first-order valence-corrected chi connectivity index (χ1v) is 12.3. The molecule has 1 aromatic carbocycles. The fourth-order valence-corrected chi connectivity index (χ4v) is 5.49. The van der Waals surface area contributed by atoms with E-state index < -0.39 is 0 Å². The molecule has 2 atom stereocenters. The molecule has 0 spiro atoms. The highest BCUT2D eigenvalue weighted by Gasteiger charge is 2.42. The standard InChI is InChI=1S/C26H30ClN5O2S/c1-15(2)31-16(3)12-19(17(31)4)25-24(22-8-6-7-11-28-22)30-26(35)32(25)18-9-10-21(20(27)13-18)29-23(33)14-34-5/h6-13,15,24-25H,14H2,1-5H3,(H,29,33)(H,30,35)/t24-,25-/m0/s1. The molecule has 1 fully saturated rings. The van der Waals surface area contributed by atoms with E-state index in [1.807, 2.05) is 30.3 Å². The van der Waals surface area contributed by atoms with Crippen LogP contribution in [0.1, 0.15) is 54.6 Å². The minimum absolute atomic E-state index is 0.0441. The number of aromatic nitrogens is 2. The zero-order chi connectivity index (χ0) is 25.3. The molecule has 7 nitrogen and oxygen atoms in total. The van der Waals surface area contributed by atoms with Crippen molar-refractivity contribution in [1.82, 2.24) is 14.9 Å². The van der Waals surface area contributed by atoms with Gasteiger partial charge in [0.2, 0.25) is 5.91 Å². The van der Waals surface area contributed by atoms with Crippen molar-refractivity contribution in [2.24, 2.45) is 0 Å². The Kier molecular flexibility index (Phi) is 7.44. The zero-order valence-corrected chi connectivity index (χ0v) is 22.1. The minimum atomic E-state index is -0.269. The molecule has 0 bridgehead atoms. The Morgan fingerprint density at radius 2 is 2.03 bits per heavy atom. The molecule has 184 valence electrons. The number of carbonyl (C=O) groups excluding carboxylic acids is 1. The van der Waals surface area contributed by atoms with E-state index in [4.69, 9.17) is 28.6 Å². The first kappa shape index (κ1) is 25.2. The van der Waals surface area contributed by atoms with Gasteiger partial charge in [0.15, 0.2) is 5.11 Å². The lowest BCUT2D eigenvalue weighted by Crippen LogP contribution is -2.29. The molecule has 2 N–H and O–H groups in total.